The number of cyclic esters (lactones) is 4. The molecule has 0 fully saturated rings. The van der Waals surface area contributed by atoms with Gasteiger partial charge in [-0.25, -0.2) is 28.8 Å². The fourth-order valence-electron chi connectivity index (χ4n) is 3.61. The molecule has 2 aromatic heterocycles. The van der Waals surface area contributed by atoms with Gasteiger partial charge in [0.25, 0.3) is 11.9 Å². The summed E-state index contributed by atoms with van der Waals surface area (Å²) in [6.45, 7) is 0. The Kier molecular flexibility index (Phi) is 14.8. The summed E-state index contributed by atoms with van der Waals surface area (Å²) in [5.41, 5.74) is -2.03. The van der Waals surface area contributed by atoms with Crippen LogP contribution in [0.25, 0.3) is 21.5 Å². The summed E-state index contributed by atoms with van der Waals surface area (Å²) in [6.07, 6.45) is 0. The van der Waals surface area contributed by atoms with E-state index in [9.17, 15) is 38.4 Å². The van der Waals surface area contributed by atoms with E-state index < -0.39 is 46.4 Å². The van der Waals surface area contributed by atoms with Crippen LogP contribution in [0.4, 0.5) is 0 Å². The summed E-state index contributed by atoms with van der Waals surface area (Å²) < 4.78 is 17.3. The SMILES string of the molecule is O=C1OC(=O)c2cc[c-]cc21.O=C1OC(=O)c2cc[c-]cc21.O=c1oc(=O)c2cc3c(=O)oc(=O)c3cc12.[Y].[Y].[Y].[Y]. The van der Waals surface area contributed by atoms with Gasteiger partial charge < -0.3 is 18.3 Å². The Hall–Kier alpha value is -1.36. The van der Waals surface area contributed by atoms with Crippen LogP contribution in [0.5, 0.6) is 0 Å². The third-order valence-electron chi connectivity index (χ3n) is 5.39. The van der Waals surface area contributed by atoms with E-state index in [1.54, 1.807) is 12.1 Å². The van der Waals surface area contributed by atoms with Crippen LogP contribution in [0.1, 0.15) is 41.4 Å². The van der Waals surface area contributed by atoms with E-state index >= 15 is 0 Å². The van der Waals surface area contributed by atoms with E-state index in [0.717, 1.165) is 12.1 Å². The number of carbonyl (C=O) groups excluding carboxylic acids is 4. The standard InChI is InChI=1S/C10H2O6.2C8H3O3.4Y/c11-7-3-1-4-6(10(14)16-8(4)12)2-5(3)9(13)15-7;2*9-7-5-3-1-2-4-6(5)8(10)11-7;;;;/h1-2H;2*1,3-4H;;;;/q;2*-1;;;;. The molecule has 0 unspecified atom stereocenters. The Morgan fingerprint density at radius 1 is 0.429 bits per heavy atom. The fraction of sp³-hybridized carbons (Fsp3) is 0. The molecule has 2 aliphatic heterocycles. The van der Waals surface area contributed by atoms with Gasteiger partial charge in [-0.05, 0) is 34.4 Å². The molecule has 42 heavy (non-hydrogen) atoms. The first-order valence-electron chi connectivity index (χ1n) is 10.4. The molecule has 16 heteroatoms. The molecular weight excluding hydrogens is 860 g/mol. The van der Waals surface area contributed by atoms with E-state index in [2.05, 4.69) is 30.4 Å². The topological polar surface area (TPSA) is 181 Å². The number of carbonyl (C=O) groups is 4. The van der Waals surface area contributed by atoms with E-state index in [1.807, 2.05) is 0 Å². The zero-order chi connectivity index (χ0) is 27.1. The minimum absolute atomic E-state index is 0. The van der Waals surface area contributed by atoms with Crippen LogP contribution in [-0.4, -0.2) is 23.9 Å². The summed E-state index contributed by atoms with van der Waals surface area (Å²) >= 11 is 0. The van der Waals surface area contributed by atoms with Crippen molar-refractivity contribution < 1.29 is 168 Å². The molecule has 0 saturated carbocycles. The van der Waals surface area contributed by atoms with Gasteiger partial charge in [-0.3, -0.25) is 9.59 Å². The van der Waals surface area contributed by atoms with Crippen molar-refractivity contribution in [2.45, 2.75) is 0 Å². The van der Waals surface area contributed by atoms with Crippen LogP contribution >= 0.6 is 0 Å². The molecule has 0 bridgehead atoms. The molecule has 198 valence electrons. The molecule has 4 radical (unpaired) electrons. The third-order valence-corrected chi connectivity index (χ3v) is 5.39. The van der Waals surface area contributed by atoms with Gasteiger partial charge in [-0.1, -0.05) is 0 Å². The average Bonchev–Trinajstić information content (AvgIpc) is 3.57. The van der Waals surface area contributed by atoms with Crippen LogP contribution in [0.2, 0.25) is 0 Å². The molecular formula is C26H8O12Y4-2. The minimum Gasteiger partial charge on any atom is -0.397 e. The molecule has 5 aromatic rings. The van der Waals surface area contributed by atoms with Crippen molar-refractivity contribution >= 4 is 45.4 Å². The van der Waals surface area contributed by atoms with Crippen LogP contribution in [0.15, 0.2) is 76.5 Å². The molecule has 0 saturated heterocycles. The number of furan rings is 2. The second-order valence-electron chi connectivity index (χ2n) is 7.59. The number of fused-ring (bicyclic) bond motifs is 4. The van der Waals surface area contributed by atoms with Gasteiger partial charge in [0.15, 0.2) is 0 Å². The van der Waals surface area contributed by atoms with Gasteiger partial charge in [0, 0.05) is 131 Å². The number of rotatable bonds is 0. The Bertz CT molecular complexity index is 1770. The number of ether oxygens (including phenoxy) is 2. The van der Waals surface area contributed by atoms with Crippen molar-refractivity contribution in [3.8, 4) is 0 Å². The molecule has 0 atom stereocenters. The summed E-state index contributed by atoms with van der Waals surface area (Å²) in [4.78, 5) is 88.0. The minimum atomic E-state index is -0.824. The molecule has 4 heterocycles. The van der Waals surface area contributed by atoms with Crippen molar-refractivity contribution in [2.24, 2.45) is 0 Å². The quantitative estimate of drug-likeness (QED) is 0.123. The Labute approximate surface area is 333 Å². The van der Waals surface area contributed by atoms with E-state index in [1.165, 1.54) is 24.3 Å². The Balaban J connectivity index is 0.000000308. The van der Waals surface area contributed by atoms with Crippen LogP contribution in [-0.2, 0) is 140 Å². The molecule has 0 N–H and O–H groups in total. The van der Waals surface area contributed by atoms with Crippen LogP contribution < -0.4 is 22.5 Å². The van der Waals surface area contributed by atoms with Crippen molar-refractivity contribution in [3.05, 3.63) is 125 Å². The second-order valence-corrected chi connectivity index (χ2v) is 7.59. The van der Waals surface area contributed by atoms with Crippen molar-refractivity contribution in [2.75, 3.05) is 0 Å². The first-order chi connectivity index (χ1) is 18.2. The van der Waals surface area contributed by atoms with E-state index in [-0.39, 0.29) is 152 Å². The fourth-order valence-corrected chi connectivity index (χ4v) is 3.61. The number of esters is 4. The van der Waals surface area contributed by atoms with Gasteiger partial charge in [-0.15, -0.1) is 0 Å². The van der Waals surface area contributed by atoms with Crippen molar-refractivity contribution in [3.63, 3.8) is 0 Å². The van der Waals surface area contributed by atoms with E-state index in [0.29, 0.717) is 22.3 Å². The predicted molar refractivity (Wildman–Crippen MR) is 123 cm³/mol. The maximum Gasteiger partial charge on any atom is 0.346 e. The molecule has 0 spiro atoms. The molecule has 7 rings (SSSR count). The maximum absolute atomic E-state index is 11.2. The zero-order valence-corrected chi connectivity index (χ0v) is 32.2. The van der Waals surface area contributed by atoms with Crippen molar-refractivity contribution in [1.29, 1.82) is 0 Å². The number of hydrogen-bond acceptors (Lipinski definition) is 12. The average molecular weight is 868 g/mol. The summed E-state index contributed by atoms with van der Waals surface area (Å²) in [5.74, 6) is -2.30. The Morgan fingerprint density at radius 2 is 0.714 bits per heavy atom. The molecule has 12 nitrogen and oxygen atoms in total. The Morgan fingerprint density at radius 3 is 1.00 bits per heavy atom. The summed E-state index contributed by atoms with van der Waals surface area (Å²) in [5, 5.41) is -0.0726. The second kappa shape index (κ2) is 16.1. The van der Waals surface area contributed by atoms with Gasteiger partial charge in [-0.2, -0.15) is 48.5 Å². The normalized spacial score (nSPS) is 12.0. The third kappa shape index (κ3) is 7.64. The van der Waals surface area contributed by atoms with Crippen LogP contribution in [0, 0.1) is 12.1 Å². The monoisotopic (exact) mass is 868 g/mol. The van der Waals surface area contributed by atoms with Gasteiger partial charge in [0.1, 0.15) is 0 Å². The smallest absolute Gasteiger partial charge is 0.346 e. The molecule has 0 amide bonds. The largest absolute Gasteiger partial charge is 0.397 e. The summed E-state index contributed by atoms with van der Waals surface area (Å²) in [6, 6.07) is 16.7. The number of hydrogen-bond donors (Lipinski definition) is 0. The first kappa shape index (κ1) is 38.7. The summed E-state index contributed by atoms with van der Waals surface area (Å²) in [7, 11) is 0. The van der Waals surface area contributed by atoms with E-state index in [4.69, 9.17) is 0 Å². The predicted octanol–water partition coefficient (Wildman–Crippen LogP) is 1.08. The maximum atomic E-state index is 11.2. The van der Waals surface area contributed by atoms with Gasteiger partial charge in [0.2, 0.25) is 0 Å². The van der Waals surface area contributed by atoms with Gasteiger partial charge >= 0.3 is 34.4 Å². The first-order valence-corrected chi connectivity index (χ1v) is 10.4. The van der Waals surface area contributed by atoms with Crippen LogP contribution in [0.3, 0.4) is 0 Å². The molecule has 0 aliphatic carbocycles. The molecule has 3 aromatic carbocycles. The molecule has 2 aliphatic rings. The van der Waals surface area contributed by atoms with Gasteiger partial charge in [0.05, 0.1) is 21.5 Å². The van der Waals surface area contributed by atoms with Crippen molar-refractivity contribution in [1.82, 2.24) is 0 Å². The number of benzene rings is 3. The zero-order valence-electron chi connectivity index (χ0n) is 20.8.